The molecule has 0 saturated heterocycles. The minimum atomic E-state index is -0.00101. The van der Waals surface area contributed by atoms with Crippen molar-refractivity contribution in [3.63, 3.8) is 0 Å². The second kappa shape index (κ2) is 10.4. The Hall–Kier alpha value is -2.23. The molecule has 28 heavy (non-hydrogen) atoms. The average molecular weight is 497 g/mol. The number of guanidine groups is 1. The monoisotopic (exact) mass is 497 g/mol. The number of fused-ring (bicyclic) bond motifs is 1. The Morgan fingerprint density at radius 3 is 2.79 bits per heavy atom. The van der Waals surface area contributed by atoms with Gasteiger partial charge in [0.05, 0.1) is 12.2 Å². The molecule has 0 aliphatic carbocycles. The van der Waals surface area contributed by atoms with Crippen molar-refractivity contribution in [1.29, 1.82) is 0 Å². The molecule has 3 rings (SSSR count). The lowest BCUT2D eigenvalue weighted by Gasteiger charge is -2.29. The molecule has 2 heterocycles. The summed E-state index contributed by atoms with van der Waals surface area (Å²) < 4.78 is 7.59. The number of aryl methyl sites for hydroxylation is 1. The number of hydrogen-bond acceptors (Lipinski definition) is 3. The summed E-state index contributed by atoms with van der Waals surface area (Å²) in [6.45, 7) is 2.26. The van der Waals surface area contributed by atoms with Crippen molar-refractivity contribution < 1.29 is 9.53 Å². The molecule has 152 valence electrons. The summed E-state index contributed by atoms with van der Waals surface area (Å²) in [4.78, 5) is 20.5. The maximum absolute atomic E-state index is 12.2. The smallest absolute Gasteiger partial charge is 0.265 e. The van der Waals surface area contributed by atoms with Gasteiger partial charge in [0.25, 0.3) is 5.91 Å². The van der Waals surface area contributed by atoms with Crippen LogP contribution in [0.15, 0.2) is 47.6 Å². The molecule has 0 unspecified atom stereocenters. The highest BCUT2D eigenvalue weighted by Gasteiger charge is 2.24. The van der Waals surface area contributed by atoms with E-state index >= 15 is 0 Å². The topological polar surface area (TPSA) is 62.1 Å². The maximum Gasteiger partial charge on any atom is 0.265 e. The third kappa shape index (κ3) is 5.18. The molecule has 1 aromatic heterocycles. The zero-order chi connectivity index (χ0) is 19.2. The Kier molecular flexibility index (Phi) is 8.16. The fourth-order valence-electron chi connectivity index (χ4n) is 3.20. The zero-order valence-electron chi connectivity index (χ0n) is 16.6. The molecular weight excluding hydrogens is 469 g/mol. The lowest BCUT2D eigenvalue weighted by atomic mass is 10.2. The number of carbonyl (C=O) groups is 1. The summed E-state index contributed by atoms with van der Waals surface area (Å²) in [5.74, 6) is 1.60. The standard InChI is InChI=1S/C20H27N5O2.HI/c1-21-20(24(3)14-16-8-6-12-23(16)2)22-11-7-13-25-17-9-4-5-10-18(17)27-15-19(25)26;/h4-6,8-10,12H,7,11,13-15H2,1-3H3,(H,21,22);1H. The SMILES string of the molecule is CN=C(NCCCN1C(=O)COc2ccccc21)N(C)Cc1cccn1C.I. The van der Waals surface area contributed by atoms with Gasteiger partial charge in [0.15, 0.2) is 12.6 Å². The van der Waals surface area contributed by atoms with Crippen LogP contribution in [-0.4, -0.2) is 55.1 Å². The molecular formula is C20H28IN5O2. The number of benzene rings is 1. The van der Waals surface area contributed by atoms with Gasteiger partial charge in [0.1, 0.15) is 5.75 Å². The number of aromatic nitrogens is 1. The van der Waals surface area contributed by atoms with E-state index in [0.717, 1.165) is 36.9 Å². The van der Waals surface area contributed by atoms with Crippen LogP contribution in [0.5, 0.6) is 5.75 Å². The van der Waals surface area contributed by atoms with Crippen LogP contribution in [0.25, 0.3) is 0 Å². The van der Waals surface area contributed by atoms with Gasteiger partial charge in [0, 0.05) is 46.1 Å². The minimum Gasteiger partial charge on any atom is -0.482 e. The van der Waals surface area contributed by atoms with E-state index in [0.29, 0.717) is 6.54 Å². The predicted molar refractivity (Wildman–Crippen MR) is 123 cm³/mol. The van der Waals surface area contributed by atoms with Crippen molar-refractivity contribution in [2.75, 3.05) is 38.7 Å². The number of carbonyl (C=O) groups excluding carboxylic acids is 1. The van der Waals surface area contributed by atoms with Crippen LogP contribution in [0, 0.1) is 0 Å². The van der Waals surface area contributed by atoms with Crippen molar-refractivity contribution in [3.05, 3.63) is 48.3 Å². The zero-order valence-corrected chi connectivity index (χ0v) is 18.9. The number of aliphatic imine (C=N–C) groups is 1. The molecule has 1 aliphatic rings. The second-order valence-electron chi connectivity index (χ2n) is 6.60. The number of halogens is 1. The van der Waals surface area contributed by atoms with E-state index in [1.807, 2.05) is 50.6 Å². The molecule has 1 aromatic carbocycles. The van der Waals surface area contributed by atoms with Gasteiger partial charge < -0.3 is 24.4 Å². The van der Waals surface area contributed by atoms with E-state index in [4.69, 9.17) is 4.74 Å². The molecule has 0 atom stereocenters. The molecule has 8 heteroatoms. The third-order valence-corrected chi connectivity index (χ3v) is 4.67. The van der Waals surface area contributed by atoms with Crippen molar-refractivity contribution in [1.82, 2.24) is 14.8 Å². The molecule has 7 nitrogen and oxygen atoms in total. The van der Waals surface area contributed by atoms with Gasteiger partial charge in [-0.1, -0.05) is 12.1 Å². The first-order valence-electron chi connectivity index (χ1n) is 9.14. The number of hydrogen-bond donors (Lipinski definition) is 1. The Balaban J connectivity index is 0.00000280. The Bertz CT molecular complexity index is 820. The maximum atomic E-state index is 12.2. The largest absolute Gasteiger partial charge is 0.482 e. The summed E-state index contributed by atoms with van der Waals surface area (Å²) in [6.07, 6.45) is 2.85. The van der Waals surface area contributed by atoms with Crippen LogP contribution in [0.4, 0.5) is 5.69 Å². The van der Waals surface area contributed by atoms with Crippen LogP contribution >= 0.6 is 24.0 Å². The molecule has 0 saturated carbocycles. The van der Waals surface area contributed by atoms with Gasteiger partial charge in [-0.3, -0.25) is 9.79 Å². The van der Waals surface area contributed by atoms with E-state index in [9.17, 15) is 4.79 Å². The van der Waals surface area contributed by atoms with Crippen molar-refractivity contribution in [2.24, 2.45) is 12.0 Å². The summed E-state index contributed by atoms with van der Waals surface area (Å²) in [5.41, 5.74) is 2.06. The van der Waals surface area contributed by atoms with Crippen LogP contribution in [0.3, 0.4) is 0 Å². The summed E-state index contributed by atoms with van der Waals surface area (Å²) >= 11 is 0. The predicted octanol–water partition coefficient (Wildman–Crippen LogP) is 2.47. The number of para-hydroxylation sites is 2. The first-order valence-corrected chi connectivity index (χ1v) is 9.14. The van der Waals surface area contributed by atoms with Gasteiger partial charge in [0.2, 0.25) is 0 Å². The number of anilines is 1. The number of nitrogens with one attached hydrogen (secondary N) is 1. The number of ether oxygens (including phenoxy) is 1. The van der Waals surface area contributed by atoms with Crippen LogP contribution in [0.1, 0.15) is 12.1 Å². The Labute approximate surface area is 183 Å². The molecule has 2 aromatic rings. The van der Waals surface area contributed by atoms with Gasteiger partial charge in [-0.25, -0.2) is 0 Å². The average Bonchev–Trinajstić information content (AvgIpc) is 3.07. The first-order chi connectivity index (χ1) is 13.1. The van der Waals surface area contributed by atoms with Gasteiger partial charge in [-0.15, -0.1) is 24.0 Å². The van der Waals surface area contributed by atoms with Crippen LogP contribution < -0.4 is 15.0 Å². The molecule has 0 fully saturated rings. The normalized spacial score (nSPS) is 13.5. The molecule has 1 aliphatic heterocycles. The summed E-state index contributed by atoms with van der Waals surface area (Å²) in [6, 6.07) is 11.8. The third-order valence-electron chi connectivity index (χ3n) is 4.67. The molecule has 0 bridgehead atoms. The highest BCUT2D eigenvalue weighted by Crippen LogP contribution is 2.31. The van der Waals surface area contributed by atoms with E-state index in [2.05, 4.69) is 25.8 Å². The van der Waals surface area contributed by atoms with E-state index in [-0.39, 0.29) is 36.5 Å². The molecule has 0 spiro atoms. The highest BCUT2D eigenvalue weighted by molar-refractivity contribution is 14.0. The second-order valence-corrected chi connectivity index (χ2v) is 6.60. The number of amides is 1. The number of nitrogens with zero attached hydrogens (tertiary/aromatic N) is 4. The van der Waals surface area contributed by atoms with Crippen molar-refractivity contribution in [3.8, 4) is 5.75 Å². The summed E-state index contributed by atoms with van der Waals surface area (Å²) in [5, 5.41) is 3.38. The Morgan fingerprint density at radius 2 is 2.07 bits per heavy atom. The minimum absolute atomic E-state index is 0. The van der Waals surface area contributed by atoms with Gasteiger partial charge in [-0.05, 0) is 30.7 Å². The summed E-state index contributed by atoms with van der Waals surface area (Å²) in [7, 11) is 5.84. The number of rotatable bonds is 6. The fraction of sp³-hybridized carbons (Fsp3) is 0.400. The van der Waals surface area contributed by atoms with Crippen molar-refractivity contribution >= 4 is 41.5 Å². The quantitative estimate of drug-likeness (QED) is 0.289. The lowest BCUT2D eigenvalue weighted by Crippen LogP contribution is -2.42. The van der Waals surface area contributed by atoms with Crippen LogP contribution in [0.2, 0.25) is 0 Å². The Morgan fingerprint density at radius 1 is 1.29 bits per heavy atom. The van der Waals surface area contributed by atoms with Gasteiger partial charge in [-0.2, -0.15) is 0 Å². The molecule has 0 radical (unpaired) electrons. The molecule has 1 N–H and O–H groups in total. The fourth-order valence-corrected chi connectivity index (χ4v) is 3.20. The van der Waals surface area contributed by atoms with Crippen LogP contribution in [-0.2, 0) is 18.4 Å². The van der Waals surface area contributed by atoms with E-state index in [1.165, 1.54) is 5.69 Å². The van der Waals surface area contributed by atoms with E-state index in [1.54, 1.807) is 11.9 Å². The lowest BCUT2D eigenvalue weighted by molar-refractivity contribution is -0.121. The van der Waals surface area contributed by atoms with Gasteiger partial charge >= 0.3 is 0 Å². The molecule has 1 amide bonds. The highest BCUT2D eigenvalue weighted by atomic mass is 127. The van der Waals surface area contributed by atoms with Crippen molar-refractivity contribution in [2.45, 2.75) is 13.0 Å². The first kappa shape index (κ1) is 22.1. The van der Waals surface area contributed by atoms with E-state index < -0.39 is 0 Å².